The second-order valence-electron chi connectivity index (χ2n) is 5.35. The van der Waals surface area contributed by atoms with E-state index in [2.05, 4.69) is 30.4 Å². The summed E-state index contributed by atoms with van der Waals surface area (Å²) in [4.78, 5) is 24.6. The van der Waals surface area contributed by atoms with Crippen molar-refractivity contribution in [2.75, 3.05) is 5.32 Å². The quantitative estimate of drug-likeness (QED) is 0.915. The molecule has 2 aromatic rings. The highest BCUT2D eigenvalue weighted by atomic mass is 32.2. The lowest BCUT2D eigenvalue weighted by atomic mass is 10.1. The molecular formula is C17H16N2O2S. The van der Waals surface area contributed by atoms with Crippen LogP contribution in [0.3, 0.4) is 0 Å². The second kappa shape index (κ2) is 5.85. The van der Waals surface area contributed by atoms with E-state index < -0.39 is 5.91 Å². The lowest BCUT2D eigenvalue weighted by molar-refractivity contribution is -0.115. The van der Waals surface area contributed by atoms with E-state index in [4.69, 9.17) is 5.73 Å². The molecule has 4 nitrogen and oxygen atoms in total. The molecule has 3 rings (SSSR count). The molecule has 0 saturated heterocycles. The van der Waals surface area contributed by atoms with Crippen LogP contribution in [-0.4, -0.2) is 17.1 Å². The van der Waals surface area contributed by atoms with Crippen molar-refractivity contribution in [2.45, 2.75) is 23.5 Å². The van der Waals surface area contributed by atoms with Gasteiger partial charge < -0.3 is 11.1 Å². The van der Waals surface area contributed by atoms with Crippen LogP contribution in [0.5, 0.6) is 0 Å². The molecule has 0 spiro atoms. The number of hydrogen-bond donors (Lipinski definition) is 2. The van der Waals surface area contributed by atoms with Crippen molar-refractivity contribution in [3.05, 3.63) is 59.2 Å². The molecule has 2 aromatic carbocycles. The molecule has 22 heavy (non-hydrogen) atoms. The highest BCUT2D eigenvalue weighted by molar-refractivity contribution is 8.01. The predicted molar refractivity (Wildman–Crippen MR) is 88.1 cm³/mol. The van der Waals surface area contributed by atoms with Crippen molar-refractivity contribution in [3.63, 3.8) is 0 Å². The summed E-state index contributed by atoms with van der Waals surface area (Å²) in [6.07, 6.45) is 0.742. The topological polar surface area (TPSA) is 72.2 Å². The first-order valence-electron chi connectivity index (χ1n) is 7.00. The van der Waals surface area contributed by atoms with Gasteiger partial charge in [0.25, 0.3) is 0 Å². The second-order valence-corrected chi connectivity index (χ2v) is 6.60. The number of benzene rings is 2. The largest absolute Gasteiger partial charge is 0.366 e. The van der Waals surface area contributed by atoms with Crippen LogP contribution in [-0.2, 0) is 11.2 Å². The average molecular weight is 312 g/mol. The summed E-state index contributed by atoms with van der Waals surface area (Å²) >= 11 is 1.60. The molecule has 1 atom stereocenters. The first-order chi connectivity index (χ1) is 10.5. The summed E-state index contributed by atoms with van der Waals surface area (Å²) in [5.41, 5.74) is 8.72. The summed E-state index contributed by atoms with van der Waals surface area (Å²) in [7, 11) is 0. The van der Waals surface area contributed by atoms with Gasteiger partial charge in [-0.15, -0.1) is 11.8 Å². The molecule has 3 N–H and O–H groups in total. The number of nitrogens with one attached hydrogen (secondary N) is 1. The lowest BCUT2D eigenvalue weighted by Crippen LogP contribution is -2.24. The number of primary amides is 1. The van der Waals surface area contributed by atoms with Crippen LogP contribution < -0.4 is 11.1 Å². The molecule has 5 heteroatoms. The number of fused-ring (bicyclic) bond motifs is 1. The summed E-state index contributed by atoms with van der Waals surface area (Å²) < 4.78 is 0. The van der Waals surface area contributed by atoms with Crippen LogP contribution >= 0.6 is 11.8 Å². The number of rotatable bonds is 3. The molecule has 0 saturated carbocycles. The monoisotopic (exact) mass is 312 g/mol. The molecule has 0 aromatic heterocycles. The number of nitrogens with two attached hydrogens (primary N) is 1. The molecule has 2 amide bonds. The van der Waals surface area contributed by atoms with Gasteiger partial charge in [0, 0.05) is 16.1 Å². The van der Waals surface area contributed by atoms with E-state index in [0.717, 1.165) is 6.42 Å². The van der Waals surface area contributed by atoms with Crippen LogP contribution in [0.4, 0.5) is 5.69 Å². The van der Waals surface area contributed by atoms with Crippen LogP contribution in [0.25, 0.3) is 0 Å². The molecule has 112 valence electrons. The number of anilines is 1. The first-order valence-corrected chi connectivity index (χ1v) is 7.88. The Hall–Kier alpha value is -2.27. The van der Waals surface area contributed by atoms with Gasteiger partial charge in [-0.25, -0.2) is 0 Å². The van der Waals surface area contributed by atoms with Gasteiger partial charge in [-0.3, -0.25) is 9.59 Å². The maximum atomic E-state index is 12.4. The smallest absolute Gasteiger partial charge is 0.248 e. The van der Waals surface area contributed by atoms with Gasteiger partial charge in [-0.1, -0.05) is 17.7 Å². The van der Waals surface area contributed by atoms with Crippen LogP contribution in [0.1, 0.15) is 21.5 Å². The molecule has 0 bridgehead atoms. The number of amides is 2. The van der Waals surface area contributed by atoms with E-state index in [0.29, 0.717) is 11.3 Å². The zero-order valence-corrected chi connectivity index (χ0v) is 12.9. The maximum absolute atomic E-state index is 12.4. The van der Waals surface area contributed by atoms with E-state index in [1.54, 1.807) is 36.0 Å². The summed E-state index contributed by atoms with van der Waals surface area (Å²) in [5.74, 6) is -0.499. The van der Waals surface area contributed by atoms with Crippen molar-refractivity contribution < 1.29 is 9.59 Å². The Morgan fingerprint density at radius 2 is 1.91 bits per heavy atom. The zero-order valence-electron chi connectivity index (χ0n) is 12.1. The van der Waals surface area contributed by atoms with Crippen LogP contribution in [0.2, 0.25) is 0 Å². The third-order valence-corrected chi connectivity index (χ3v) is 4.93. The molecule has 0 unspecified atom stereocenters. The molecule has 0 aliphatic carbocycles. The minimum absolute atomic E-state index is 0.0225. The minimum atomic E-state index is -0.477. The van der Waals surface area contributed by atoms with Crippen molar-refractivity contribution in [1.82, 2.24) is 0 Å². The number of thioether (sulfide) groups is 1. The fourth-order valence-electron chi connectivity index (χ4n) is 2.42. The standard InChI is InChI=1S/C17H16N2O2S/c1-10-2-3-12-9-15(22-14(12)8-10)17(21)19-13-6-4-11(5-7-13)16(18)20/h2-8,15H,9H2,1H3,(H2,18,20)(H,19,21)/t15-/m0/s1. The van der Waals surface area contributed by atoms with Crippen molar-refractivity contribution >= 4 is 29.3 Å². The maximum Gasteiger partial charge on any atom is 0.248 e. The third kappa shape index (κ3) is 2.99. The van der Waals surface area contributed by atoms with Gasteiger partial charge in [-0.05, 0) is 49.2 Å². The Labute approximate surface area is 133 Å². The summed E-state index contributed by atoms with van der Waals surface area (Å²) in [6.45, 7) is 2.05. The highest BCUT2D eigenvalue weighted by Crippen LogP contribution is 2.38. The van der Waals surface area contributed by atoms with E-state index in [1.807, 2.05) is 0 Å². The SMILES string of the molecule is Cc1ccc2c(c1)S[C@H](C(=O)Nc1ccc(C(N)=O)cc1)C2. The van der Waals surface area contributed by atoms with Gasteiger partial charge in [0.2, 0.25) is 11.8 Å². The van der Waals surface area contributed by atoms with Crippen LogP contribution in [0.15, 0.2) is 47.4 Å². The average Bonchev–Trinajstić information content (AvgIpc) is 2.91. The Bertz CT molecular complexity index is 741. The van der Waals surface area contributed by atoms with Crippen molar-refractivity contribution in [1.29, 1.82) is 0 Å². The summed E-state index contributed by atoms with van der Waals surface area (Å²) in [6, 6.07) is 12.9. The van der Waals surface area contributed by atoms with E-state index in [1.165, 1.54) is 16.0 Å². The van der Waals surface area contributed by atoms with Gasteiger partial charge >= 0.3 is 0 Å². The normalized spacial score (nSPS) is 16.1. The zero-order chi connectivity index (χ0) is 15.7. The van der Waals surface area contributed by atoms with Crippen molar-refractivity contribution in [2.24, 2.45) is 5.73 Å². The van der Waals surface area contributed by atoms with Gasteiger partial charge in [0.1, 0.15) is 0 Å². The predicted octanol–water partition coefficient (Wildman–Crippen LogP) is 2.75. The Kier molecular flexibility index (Phi) is 3.90. The van der Waals surface area contributed by atoms with Gasteiger partial charge in [0.15, 0.2) is 0 Å². The third-order valence-electron chi connectivity index (χ3n) is 3.63. The van der Waals surface area contributed by atoms with Crippen LogP contribution in [0, 0.1) is 6.92 Å². The number of aryl methyl sites for hydroxylation is 1. The Morgan fingerprint density at radius 1 is 1.18 bits per heavy atom. The summed E-state index contributed by atoms with van der Waals surface area (Å²) in [5, 5.41) is 2.77. The van der Waals surface area contributed by atoms with E-state index in [-0.39, 0.29) is 11.2 Å². The van der Waals surface area contributed by atoms with E-state index in [9.17, 15) is 9.59 Å². The fraction of sp³-hybridized carbons (Fsp3) is 0.176. The molecule has 0 radical (unpaired) electrons. The highest BCUT2D eigenvalue weighted by Gasteiger charge is 2.28. The Morgan fingerprint density at radius 3 is 2.59 bits per heavy atom. The Balaban J connectivity index is 1.67. The van der Waals surface area contributed by atoms with E-state index >= 15 is 0 Å². The lowest BCUT2D eigenvalue weighted by Gasteiger charge is -2.10. The molecule has 1 aliphatic heterocycles. The molecular weight excluding hydrogens is 296 g/mol. The minimum Gasteiger partial charge on any atom is -0.366 e. The molecule has 0 fully saturated rings. The first kappa shape index (κ1) is 14.7. The number of carbonyl (C=O) groups excluding carboxylic acids is 2. The molecule has 1 aliphatic rings. The van der Waals surface area contributed by atoms with Gasteiger partial charge in [-0.2, -0.15) is 0 Å². The molecule has 1 heterocycles. The fourth-order valence-corrected chi connectivity index (χ4v) is 3.71. The van der Waals surface area contributed by atoms with Crippen molar-refractivity contribution in [3.8, 4) is 0 Å². The van der Waals surface area contributed by atoms with Gasteiger partial charge in [0.05, 0.1) is 5.25 Å². The number of hydrogen-bond acceptors (Lipinski definition) is 3. The number of carbonyl (C=O) groups is 2.